The Hall–Kier alpha value is -1.67. The molecule has 0 aliphatic carbocycles. The first kappa shape index (κ1) is 12.4. The summed E-state index contributed by atoms with van der Waals surface area (Å²) in [7, 11) is 0. The zero-order chi connectivity index (χ0) is 13.1. The van der Waals surface area contributed by atoms with E-state index in [0.29, 0.717) is 0 Å². The van der Waals surface area contributed by atoms with E-state index in [4.69, 9.17) is 5.41 Å². The van der Waals surface area contributed by atoms with Crippen LogP contribution in [-0.4, -0.2) is 24.2 Å². The van der Waals surface area contributed by atoms with Gasteiger partial charge in [0.1, 0.15) is 0 Å². The Morgan fingerprint density at radius 2 is 1.68 bits per heavy atom. The van der Waals surface area contributed by atoms with Crippen LogP contribution in [0, 0.1) is 5.41 Å². The van der Waals surface area contributed by atoms with E-state index < -0.39 is 0 Å². The molecule has 0 aromatic heterocycles. The van der Waals surface area contributed by atoms with Gasteiger partial charge in [-0.25, -0.2) is 0 Å². The van der Waals surface area contributed by atoms with E-state index in [9.17, 15) is 0 Å². The lowest BCUT2D eigenvalue weighted by Gasteiger charge is -2.27. The molecule has 19 heavy (non-hydrogen) atoms. The molecule has 2 heteroatoms. The second kappa shape index (κ2) is 5.54. The Kier molecular flexibility index (Phi) is 3.60. The third-order valence-corrected chi connectivity index (χ3v) is 4.04. The standard InChI is InChI=1S/C17H20N2/c18-12-14-6-4-9-17-15(7-5-8-16(14)17)13-19-10-2-1-3-11-19/h4-9,12,18H,1-3,10-11,13H2. The maximum Gasteiger partial charge on any atom is 0.0256 e. The predicted molar refractivity (Wildman–Crippen MR) is 81.0 cm³/mol. The average Bonchev–Trinajstić information content (AvgIpc) is 2.48. The van der Waals surface area contributed by atoms with E-state index in [1.165, 1.54) is 54.9 Å². The van der Waals surface area contributed by atoms with E-state index >= 15 is 0 Å². The highest BCUT2D eigenvalue weighted by molar-refractivity contribution is 6.00. The van der Waals surface area contributed by atoms with Crippen molar-refractivity contribution in [2.24, 2.45) is 0 Å². The second-order valence-corrected chi connectivity index (χ2v) is 5.34. The molecular weight excluding hydrogens is 232 g/mol. The van der Waals surface area contributed by atoms with Crippen molar-refractivity contribution in [2.75, 3.05) is 13.1 Å². The summed E-state index contributed by atoms with van der Waals surface area (Å²) < 4.78 is 0. The van der Waals surface area contributed by atoms with Crippen LogP contribution >= 0.6 is 0 Å². The Morgan fingerprint density at radius 1 is 0.947 bits per heavy atom. The van der Waals surface area contributed by atoms with Gasteiger partial charge in [0, 0.05) is 12.8 Å². The zero-order valence-corrected chi connectivity index (χ0v) is 11.2. The molecule has 1 saturated heterocycles. The van der Waals surface area contributed by atoms with Gasteiger partial charge in [0.25, 0.3) is 0 Å². The molecule has 98 valence electrons. The van der Waals surface area contributed by atoms with Crippen LogP contribution in [0.4, 0.5) is 0 Å². The number of likely N-dealkylation sites (tertiary alicyclic amines) is 1. The highest BCUT2D eigenvalue weighted by atomic mass is 15.1. The van der Waals surface area contributed by atoms with Crippen molar-refractivity contribution < 1.29 is 0 Å². The van der Waals surface area contributed by atoms with E-state index in [1.807, 2.05) is 6.07 Å². The van der Waals surface area contributed by atoms with Gasteiger partial charge in [-0.05, 0) is 47.8 Å². The largest absolute Gasteiger partial charge is 0.308 e. The van der Waals surface area contributed by atoms with Gasteiger partial charge >= 0.3 is 0 Å². The topological polar surface area (TPSA) is 27.1 Å². The minimum Gasteiger partial charge on any atom is -0.308 e. The molecule has 0 amide bonds. The molecule has 3 rings (SSSR count). The van der Waals surface area contributed by atoms with Crippen molar-refractivity contribution in [3.8, 4) is 0 Å². The summed E-state index contributed by atoms with van der Waals surface area (Å²) in [5, 5.41) is 10.0. The molecule has 2 nitrogen and oxygen atoms in total. The van der Waals surface area contributed by atoms with Crippen molar-refractivity contribution in [2.45, 2.75) is 25.8 Å². The first-order chi connectivity index (χ1) is 9.38. The van der Waals surface area contributed by atoms with Crippen molar-refractivity contribution in [1.29, 1.82) is 5.41 Å². The molecule has 0 unspecified atom stereocenters. The summed E-state index contributed by atoms with van der Waals surface area (Å²) in [6, 6.07) is 12.7. The fourth-order valence-electron chi connectivity index (χ4n) is 3.02. The number of hydrogen-bond acceptors (Lipinski definition) is 2. The molecule has 2 aromatic rings. The predicted octanol–water partition coefficient (Wildman–Crippen LogP) is 3.82. The number of hydrogen-bond donors (Lipinski definition) is 1. The summed E-state index contributed by atoms with van der Waals surface area (Å²) in [6.07, 6.45) is 5.49. The van der Waals surface area contributed by atoms with Gasteiger partial charge in [0.15, 0.2) is 0 Å². The minimum absolute atomic E-state index is 1.01. The van der Waals surface area contributed by atoms with Gasteiger partial charge < -0.3 is 5.41 Å². The highest BCUT2D eigenvalue weighted by Gasteiger charge is 2.12. The smallest absolute Gasteiger partial charge is 0.0256 e. The molecule has 1 aliphatic heterocycles. The van der Waals surface area contributed by atoms with Gasteiger partial charge in [-0.1, -0.05) is 42.8 Å². The summed E-state index contributed by atoms with van der Waals surface area (Å²) in [4.78, 5) is 2.55. The molecule has 1 fully saturated rings. The van der Waals surface area contributed by atoms with Crippen LogP contribution in [0.1, 0.15) is 30.4 Å². The van der Waals surface area contributed by atoms with E-state index in [-0.39, 0.29) is 0 Å². The van der Waals surface area contributed by atoms with Crippen LogP contribution in [0.5, 0.6) is 0 Å². The summed E-state index contributed by atoms with van der Waals surface area (Å²) in [6.45, 7) is 3.49. The first-order valence-electron chi connectivity index (χ1n) is 7.12. The molecule has 0 radical (unpaired) electrons. The lowest BCUT2D eigenvalue weighted by molar-refractivity contribution is 0.221. The van der Waals surface area contributed by atoms with Crippen LogP contribution < -0.4 is 0 Å². The number of nitrogens with zero attached hydrogens (tertiary/aromatic N) is 1. The van der Waals surface area contributed by atoms with Crippen molar-refractivity contribution in [3.63, 3.8) is 0 Å². The molecule has 0 spiro atoms. The molecule has 1 aliphatic rings. The highest BCUT2D eigenvalue weighted by Crippen LogP contribution is 2.23. The van der Waals surface area contributed by atoms with Crippen molar-refractivity contribution in [1.82, 2.24) is 4.90 Å². The van der Waals surface area contributed by atoms with Gasteiger partial charge in [0.05, 0.1) is 0 Å². The molecule has 0 bridgehead atoms. The van der Waals surface area contributed by atoms with Gasteiger partial charge in [-0.15, -0.1) is 0 Å². The first-order valence-corrected chi connectivity index (χ1v) is 7.12. The van der Waals surface area contributed by atoms with E-state index in [1.54, 1.807) is 0 Å². The van der Waals surface area contributed by atoms with Gasteiger partial charge in [-0.2, -0.15) is 0 Å². The Balaban J connectivity index is 1.96. The third-order valence-electron chi connectivity index (χ3n) is 4.04. The molecule has 0 saturated carbocycles. The Bertz CT molecular complexity index is 583. The Morgan fingerprint density at radius 3 is 2.47 bits per heavy atom. The summed E-state index contributed by atoms with van der Waals surface area (Å²) >= 11 is 0. The van der Waals surface area contributed by atoms with Gasteiger partial charge in [0.2, 0.25) is 0 Å². The second-order valence-electron chi connectivity index (χ2n) is 5.34. The summed E-state index contributed by atoms with van der Waals surface area (Å²) in [5.41, 5.74) is 2.40. The third kappa shape index (κ3) is 2.54. The monoisotopic (exact) mass is 252 g/mol. The Labute approximate surface area is 114 Å². The lowest BCUT2D eigenvalue weighted by Crippen LogP contribution is -2.29. The fraction of sp³-hybridized carbons (Fsp3) is 0.353. The molecule has 2 aromatic carbocycles. The van der Waals surface area contributed by atoms with Crippen molar-refractivity contribution in [3.05, 3.63) is 47.5 Å². The van der Waals surface area contributed by atoms with Crippen molar-refractivity contribution >= 4 is 17.0 Å². The maximum absolute atomic E-state index is 7.51. The zero-order valence-electron chi connectivity index (χ0n) is 11.2. The average molecular weight is 252 g/mol. The van der Waals surface area contributed by atoms with Crippen LogP contribution in [0.2, 0.25) is 0 Å². The number of piperidine rings is 1. The fourth-order valence-corrected chi connectivity index (χ4v) is 3.02. The van der Waals surface area contributed by atoms with Crippen LogP contribution in [0.3, 0.4) is 0 Å². The normalized spacial score (nSPS) is 16.6. The van der Waals surface area contributed by atoms with E-state index in [0.717, 1.165) is 12.1 Å². The van der Waals surface area contributed by atoms with Crippen LogP contribution in [0.15, 0.2) is 36.4 Å². The molecule has 1 heterocycles. The van der Waals surface area contributed by atoms with Gasteiger partial charge in [-0.3, -0.25) is 4.90 Å². The lowest BCUT2D eigenvalue weighted by atomic mass is 9.99. The molecular formula is C17H20N2. The number of rotatable bonds is 3. The SMILES string of the molecule is N=Cc1cccc2c(CN3CCCCC3)cccc12. The maximum atomic E-state index is 7.51. The molecule has 0 atom stereocenters. The molecule has 1 N–H and O–H groups in total. The number of nitrogens with one attached hydrogen (secondary N) is 1. The minimum atomic E-state index is 1.01. The summed E-state index contributed by atoms with van der Waals surface area (Å²) in [5.74, 6) is 0. The van der Waals surface area contributed by atoms with Crippen LogP contribution in [-0.2, 0) is 6.54 Å². The number of fused-ring (bicyclic) bond motifs is 1. The van der Waals surface area contributed by atoms with Crippen LogP contribution in [0.25, 0.3) is 10.8 Å². The quantitative estimate of drug-likeness (QED) is 0.826. The number of benzene rings is 2. The van der Waals surface area contributed by atoms with E-state index in [2.05, 4.69) is 35.2 Å².